The van der Waals surface area contributed by atoms with E-state index in [1.807, 2.05) is 24.3 Å². The number of hydrogen-bond acceptors (Lipinski definition) is 3. The highest BCUT2D eigenvalue weighted by Crippen LogP contribution is 2.29. The first-order valence-corrected chi connectivity index (χ1v) is 9.24. The number of rotatable bonds is 7. The van der Waals surface area contributed by atoms with Gasteiger partial charge in [0.2, 0.25) is 5.91 Å². The van der Waals surface area contributed by atoms with Crippen molar-refractivity contribution in [2.24, 2.45) is 0 Å². The molecule has 0 spiro atoms. The van der Waals surface area contributed by atoms with Crippen LogP contribution in [-0.4, -0.2) is 36.9 Å². The van der Waals surface area contributed by atoms with E-state index in [0.717, 1.165) is 5.56 Å². The zero-order valence-electron chi connectivity index (χ0n) is 15.5. The number of carbonyl (C=O) groups excluding carboxylic acids is 2. The van der Waals surface area contributed by atoms with Crippen LogP contribution in [0.15, 0.2) is 42.5 Å². The molecule has 0 radical (unpaired) electrons. The second-order valence-corrected chi connectivity index (χ2v) is 7.19. The number of amides is 2. The number of benzene rings is 2. The van der Waals surface area contributed by atoms with Gasteiger partial charge < -0.3 is 15.0 Å². The van der Waals surface area contributed by atoms with Crippen LogP contribution in [0.3, 0.4) is 0 Å². The minimum absolute atomic E-state index is 0.143. The van der Waals surface area contributed by atoms with Gasteiger partial charge in [-0.2, -0.15) is 0 Å². The summed E-state index contributed by atoms with van der Waals surface area (Å²) < 4.78 is 5.65. The van der Waals surface area contributed by atoms with Gasteiger partial charge in [-0.25, -0.2) is 0 Å². The molecular formula is C20H22Cl2N2O3. The van der Waals surface area contributed by atoms with Gasteiger partial charge in [-0.3, -0.25) is 9.59 Å². The maximum Gasteiger partial charge on any atom is 0.260 e. The van der Waals surface area contributed by atoms with Crippen molar-refractivity contribution < 1.29 is 14.3 Å². The van der Waals surface area contributed by atoms with Gasteiger partial charge in [-0.1, -0.05) is 61.3 Å². The molecule has 144 valence electrons. The van der Waals surface area contributed by atoms with E-state index in [9.17, 15) is 9.59 Å². The number of nitrogens with zero attached hydrogens (tertiary/aromatic N) is 1. The molecule has 1 N–H and O–H groups in total. The molecule has 0 aliphatic carbocycles. The summed E-state index contributed by atoms with van der Waals surface area (Å²) in [6.07, 6.45) is 0. The van der Waals surface area contributed by atoms with Crippen molar-refractivity contribution in [1.29, 1.82) is 0 Å². The van der Waals surface area contributed by atoms with Gasteiger partial charge in [0.25, 0.3) is 5.91 Å². The first-order chi connectivity index (χ1) is 12.8. The first-order valence-electron chi connectivity index (χ1n) is 8.49. The van der Waals surface area contributed by atoms with Crippen LogP contribution < -0.4 is 10.1 Å². The molecule has 27 heavy (non-hydrogen) atoms. The summed E-state index contributed by atoms with van der Waals surface area (Å²) in [6.45, 7) is 3.82. The summed E-state index contributed by atoms with van der Waals surface area (Å²) in [7, 11) is 1.54. The van der Waals surface area contributed by atoms with Crippen molar-refractivity contribution in [2.75, 3.05) is 25.5 Å². The predicted molar refractivity (Wildman–Crippen MR) is 109 cm³/mol. The number of nitrogens with one attached hydrogen (secondary N) is 1. The van der Waals surface area contributed by atoms with E-state index < -0.39 is 5.91 Å². The quantitative estimate of drug-likeness (QED) is 0.728. The highest BCUT2D eigenvalue weighted by atomic mass is 35.5. The molecule has 2 amide bonds. The molecule has 0 aliphatic heterocycles. The molecule has 0 bridgehead atoms. The van der Waals surface area contributed by atoms with Gasteiger partial charge in [0.15, 0.2) is 6.61 Å². The molecule has 7 heteroatoms. The average Bonchev–Trinajstić information content (AvgIpc) is 2.63. The standard InChI is InChI=1S/C20H22Cl2N2O3/c1-13(2)14-7-4-5-10-17(14)27-12-19(26)24(3)11-18(25)23-20-15(21)8-6-9-16(20)22/h4-10,13H,11-12H2,1-3H3,(H,23,25). The van der Waals surface area contributed by atoms with Crippen LogP contribution in [0.25, 0.3) is 0 Å². The van der Waals surface area contributed by atoms with Gasteiger partial charge in [0, 0.05) is 7.05 Å². The summed E-state index contributed by atoms with van der Waals surface area (Å²) in [5.41, 5.74) is 1.35. The average molecular weight is 409 g/mol. The van der Waals surface area contributed by atoms with Gasteiger partial charge in [0.1, 0.15) is 5.75 Å². The topological polar surface area (TPSA) is 58.6 Å². The van der Waals surface area contributed by atoms with E-state index in [0.29, 0.717) is 21.5 Å². The number of likely N-dealkylation sites (N-methyl/N-ethyl adjacent to an activating group) is 1. The van der Waals surface area contributed by atoms with Crippen LogP contribution in [0.4, 0.5) is 5.69 Å². The summed E-state index contributed by atoms with van der Waals surface area (Å²) in [6, 6.07) is 12.5. The van der Waals surface area contributed by atoms with Crippen LogP contribution in [0.2, 0.25) is 10.0 Å². The lowest BCUT2D eigenvalue weighted by Crippen LogP contribution is -2.37. The SMILES string of the molecule is CC(C)c1ccccc1OCC(=O)N(C)CC(=O)Nc1c(Cl)cccc1Cl. The van der Waals surface area contributed by atoms with Crippen molar-refractivity contribution in [3.63, 3.8) is 0 Å². The Balaban J connectivity index is 1.91. The first kappa shape index (κ1) is 21.1. The van der Waals surface area contributed by atoms with Crippen LogP contribution in [-0.2, 0) is 9.59 Å². The zero-order chi connectivity index (χ0) is 20.0. The molecule has 5 nitrogen and oxygen atoms in total. The number of hydrogen-bond donors (Lipinski definition) is 1. The Hall–Kier alpha value is -2.24. The molecule has 2 rings (SSSR count). The Morgan fingerprint density at radius 2 is 1.70 bits per heavy atom. The van der Waals surface area contributed by atoms with E-state index in [1.54, 1.807) is 18.2 Å². The fraction of sp³-hybridized carbons (Fsp3) is 0.300. The summed E-state index contributed by atoms with van der Waals surface area (Å²) in [4.78, 5) is 25.8. The second-order valence-electron chi connectivity index (χ2n) is 6.38. The lowest BCUT2D eigenvalue weighted by molar-refractivity contribution is -0.135. The maximum atomic E-state index is 12.3. The molecule has 0 aromatic heterocycles. The minimum Gasteiger partial charge on any atom is -0.483 e. The third kappa shape index (κ3) is 5.88. The van der Waals surface area contributed by atoms with Gasteiger partial charge in [-0.15, -0.1) is 0 Å². The van der Waals surface area contributed by atoms with Crippen molar-refractivity contribution in [3.05, 3.63) is 58.1 Å². The Bertz CT molecular complexity index is 804. The van der Waals surface area contributed by atoms with Gasteiger partial charge >= 0.3 is 0 Å². The van der Waals surface area contributed by atoms with Crippen LogP contribution >= 0.6 is 23.2 Å². The normalized spacial score (nSPS) is 10.6. The number of carbonyl (C=O) groups is 2. The molecule has 0 atom stereocenters. The number of anilines is 1. The molecule has 0 saturated heterocycles. The molecule has 0 saturated carbocycles. The Labute approximate surface area is 169 Å². The van der Waals surface area contributed by atoms with Crippen LogP contribution in [0.1, 0.15) is 25.3 Å². The van der Waals surface area contributed by atoms with E-state index in [4.69, 9.17) is 27.9 Å². The summed E-state index contributed by atoms with van der Waals surface area (Å²) >= 11 is 12.1. The van der Waals surface area contributed by atoms with Crippen molar-refractivity contribution in [3.8, 4) is 5.75 Å². The van der Waals surface area contributed by atoms with Gasteiger partial charge in [-0.05, 0) is 29.7 Å². The smallest absolute Gasteiger partial charge is 0.260 e. The van der Waals surface area contributed by atoms with E-state index in [-0.39, 0.29) is 25.0 Å². The summed E-state index contributed by atoms with van der Waals surface area (Å²) in [5, 5.41) is 3.29. The molecular weight excluding hydrogens is 387 g/mol. The molecule has 2 aromatic rings. The monoisotopic (exact) mass is 408 g/mol. The Morgan fingerprint density at radius 1 is 1.07 bits per heavy atom. The third-order valence-electron chi connectivity index (χ3n) is 3.93. The number of para-hydroxylation sites is 2. The zero-order valence-corrected chi connectivity index (χ0v) is 17.0. The number of ether oxygens (including phenoxy) is 1. The van der Waals surface area contributed by atoms with Gasteiger partial charge in [0.05, 0.1) is 22.3 Å². The van der Waals surface area contributed by atoms with Crippen LogP contribution in [0, 0.1) is 0 Å². The fourth-order valence-corrected chi connectivity index (χ4v) is 2.93. The second kappa shape index (κ2) is 9.62. The fourth-order valence-electron chi connectivity index (χ4n) is 2.44. The molecule has 0 fully saturated rings. The van der Waals surface area contributed by atoms with Crippen LogP contribution in [0.5, 0.6) is 5.75 Å². The predicted octanol–water partition coefficient (Wildman–Crippen LogP) is 4.59. The van der Waals surface area contributed by atoms with Crippen molar-refractivity contribution in [1.82, 2.24) is 4.90 Å². The third-order valence-corrected chi connectivity index (χ3v) is 4.56. The van der Waals surface area contributed by atoms with Crippen molar-refractivity contribution >= 4 is 40.7 Å². The van der Waals surface area contributed by atoms with E-state index in [1.165, 1.54) is 11.9 Å². The lowest BCUT2D eigenvalue weighted by Gasteiger charge is -2.19. The highest BCUT2D eigenvalue weighted by molar-refractivity contribution is 6.39. The Morgan fingerprint density at radius 3 is 2.33 bits per heavy atom. The van der Waals surface area contributed by atoms with E-state index >= 15 is 0 Å². The lowest BCUT2D eigenvalue weighted by atomic mass is 10.0. The highest BCUT2D eigenvalue weighted by Gasteiger charge is 2.16. The van der Waals surface area contributed by atoms with E-state index in [2.05, 4.69) is 19.2 Å². The number of halogens is 2. The molecule has 2 aromatic carbocycles. The minimum atomic E-state index is -0.400. The van der Waals surface area contributed by atoms with Crippen molar-refractivity contribution in [2.45, 2.75) is 19.8 Å². The molecule has 0 heterocycles. The summed E-state index contributed by atoms with van der Waals surface area (Å²) in [5.74, 6) is 0.235. The molecule has 0 unspecified atom stereocenters. The maximum absolute atomic E-state index is 12.3. The molecule has 0 aliphatic rings. The Kier molecular flexibility index (Phi) is 7.51. The largest absolute Gasteiger partial charge is 0.483 e.